The number of ether oxygens (including phenoxy) is 1. The molecule has 1 fully saturated rings. The zero-order chi connectivity index (χ0) is 21.3. The van der Waals surface area contributed by atoms with E-state index in [4.69, 9.17) is 10.5 Å². The van der Waals surface area contributed by atoms with Gasteiger partial charge in [0.25, 0.3) is 0 Å². The smallest absolute Gasteiger partial charge is 0.409 e. The first-order valence-corrected chi connectivity index (χ1v) is 10.2. The van der Waals surface area contributed by atoms with Crippen LogP contribution < -0.4 is 11.1 Å². The average molecular weight is 406 g/mol. The number of nitrogens with zero attached hydrogens (tertiary/aromatic N) is 3. The summed E-state index contributed by atoms with van der Waals surface area (Å²) in [6.07, 6.45) is 1.36. The van der Waals surface area contributed by atoms with Crippen LogP contribution in [0.5, 0.6) is 0 Å². The molecule has 7 nitrogen and oxygen atoms in total. The average Bonchev–Trinajstić information content (AvgIpc) is 2.78. The third-order valence-electron chi connectivity index (χ3n) is 5.12. The van der Waals surface area contributed by atoms with Crippen LogP contribution in [0.3, 0.4) is 0 Å². The predicted molar refractivity (Wildman–Crippen MR) is 117 cm³/mol. The number of likely N-dealkylation sites (tertiary alicyclic amines) is 1. The summed E-state index contributed by atoms with van der Waals surface area (Å²) in [5, 5.41) is 12.5. The molecule has 2 aromatic rings. The molecule has 1 aliphatic rings. The van der Waals surface area contributed by atoms with Crippen LogP contribution in [0.2, 0.25) is 0 Å². The molecule has 0 aromatic heterocycles. The van der Waals surface area contributed by atoms with Crippen molar-refractivity contribution in [2.45, 2.75) is 32.4 Å². The second kappa shape index (κ2) is 10.3. The van der Waals surface area contributed by atoms with E-state index in [1.165, 1.54) is 0 Å². The van der Waals surface area contributed by atoms with Gasteiger partial charge in [0, 0.05) is 19.1 Å². The van der Waals surface area contributed by atoms with Crippen molar-refractivity contribution in [2.24, 2.45) is 10.7 Å². The van der Waals surface area contributed by atoms with Crippen LogP contribution in [0.1, 0.15) is 30.9 Å². The van der Waals surface area contributed by atoms with E-state index in [-0.39, 0.29) is 12.1 Å². The Labute approximate surface area is 177 Å². The SMILES string of the molecule is CCOC(=O)N1CCC(NC(N)=NCc2ccc(-c3ccccc3C#N)cc2)CC1. The van der Waals surface area contributed by atoms with Gasteiger partial charge in [-0.3, -0.25) is 0 Å². The van der Waals surface area contributed by atoms with Crippen LogP contribution in [-0.4, -0.2) is 42.7 Å². The van der Waals surface area contributed by atoms with Crippen molar-refractivity contribution in [1.29, 1.82) is 5.26 Å². The van der Waals surface area contributed by atoms with E-state index in [0.29, 0.717) is 37.8 Å². The van der Waals surface area contributed by atoms with Crippen LogP contribution >= 0.6 is 0 Å². The van der Waals surface area contributed by atoms with Crippen molar-refractivity contribution >= 4 is 12.1 Å². The number of benzene rings is 2. The molecular weight excluding hydrogens is 378 g/mol. The highest BCUT2D eigenvalue weighted by molar-refractivity contribution is 5.78. The van der Waals surface area contributed by atoms with Gasteiger partial charge in [-0.05, 0) is 42.5 Å². The lowest BCUT2D eigenvalue weighted by atomic mass is 9.99. The van der Waals surface area contributed by atoms with Crippen molar-refractivity contribution in [1.82, 2.24) is 10.2 Å². The van der Waals surface area contributed by atoms with Crippen LogP contribution in [0.4, 0.5) is 4.79 Å². The molecule has 0 atom stereocenters. The molecule has 156 valence electrons. The maximum Gasteiger partial charge on any atom is 0.409 e. The molecule has 1 aliphatic heterocycles. The number of nitrogens with one attached hydrogen (secondary N) is 1. The number of aliphatic imine (C=N–C) groups is 1. The second-order valence-electron chi connectivity index (χ2n) is 7.16. The number of guanidine groups is 1. The Morgan fingerprint density at radius 2 is 1.93 bits per heavy atom. The number of nitrogens with two attached hydrogens (primary N) is 1. The molecule has 0 saturated carbocycles. The summed E-state index contributed by atoms with van der Waals surface area (Å²) >= 11 is 0. The van der Waals surface area contributed by atoms with Gasteiger partial charge in [-0.25, -0.2) is 9.79 Å². The third-order valence-corrected chi connectivity index (χ3v) is 5.12. The first-order valence-electron chi connectivity index (χ1n) is 10.2. The monoisotopic (exact) mass is 405 g/mol. The fraction of sp³-hybridized carbons (Fsp3) is 0.348. The van der Waals surface area contributed by atoms with Gasteiger partial charge >= 0.3 is 6.09 Å². The molecule has 0 radical (unpaired) electrons. The summed E-state index contributed by atoms with van der Waals surface area (Å²) in [6.45, 7) is 3.97. The predicted octanol–water partition coefficient (Wildman–Crippen LogP) is 3.25. The minimum absolute atomic E-state index is 0.198. The lowest BCUT2D eigenvalue weighted by molar-refractivity contribution is 0.0963. The zero-order valence-corrected chi connectivity index (χ0v) is 17.2. The number of hydrogen-bond donors (Lipinski definition) is 2. The number of amides is 1. The zero-order valence-electron chi connectivity index (χ0n) is 17.2. The summed E-state index contributed by atoms with van der Waals surface area (Å²) < 4.78 is 5.04. The van der Waals surface area contributed by atoms with Crippen LogP contribution in [0.25, 0.3) is 11.1 Å². The highest BCUT2D eigenvalue weighted by atomic mass is 16.6. The van der Waals surface area contributed by atoms with Crippen LogP contribution in [-0.2, 0) is 11.3 Å². The normalized spacial score (nSPS) is 14.8. The van der Waals surface area contributed by atoms with Crippen molar-refractivity contribution in [3.8, 4) is 17.2 Å². The number of carbonyl (C=O) groups excluding carboxylic acids is 1. The molecule has 0 spiro atoms. The Hall–Kier alpha value is -3.53. The van der Waals surface area contributed by atoms with Crippen LogP contribution in [0, 0.1) is 11.3 Å². The molecule has 0 unspecified atom stereocenters. The molecule has 1 amide bonds. The quantitative estimate of drug-likeness (QED) is 0.587. The molecule has 3 N–H and O–H groups in total. The summed E-state index contributed by atoms with van der Waals surface area (Å²) in [4.78, 5) is 17.9. The molecule has 0 bridgehead atoms. The summed E-state index contributed by atoms with van der Waals surface area (Å²) in [6, 6.07) is 18.0. The Balaban J connectivity index is 1.51. The van der Waals surface area contributed by atoms with E-state index in [2.05, 4.69) is 16.4 Å². The van der Waals surface area contributed by atoms with E-state index >= 15 is 0 Å². The van der Waals surface area contributed by atoms with Gasteiger partial charge in [0.2, 0.25) is 0 Å². The first-order chi connectivity index (χ1) is 14.6. The van der Waals surface area contributed by atoms with Gasteiger partial charge < -0.3 is 20.7 Å². The van der Waals surface area contributed by atoms with E-state index in [9.17, 15) is 10.1 Å². The van der Waals surface area contributed by atoms with Crippen molar-refractivity contribution in [2.75, 3.05) is 19.7 Å². The number of piperidine rings is 1. The van der Waals surface area contributed by atoms with Crippen LogP contribution in [0.15, 0.2) is 53.5 Å². The lowest BCUT2D eigenvalue weighted by Crippen LogP contribution is -2.48. The van der Waals surface area contributed by atoms with Crippen molar-refractivity contribution in [3.05, 3.63) is 59.7 Å². The number of carbonyl (C=O) groups is 1. The summed E-state index contributed by atoms with van der Waals surface area (Å²) in [5.74, 6) is 0.406. The Morgan fingerprint density at radius 1 is 1.23 bits per heavy atom. The molecular formula is C23H27N5O2. The molecule has 2 aromatic carbocycles. The van der Waals surface area contributed by atoms with Gasteiger partial charge in [0.15, 0.2) is 5.96 Å². The molecule has 7 heteroatoms. The standard InChI is InChI=1S/C23H27N5O2/c1-2-30-23(29)28-13-11-20(12-14-28)27-22(25)26-16-17-7-9-18(10-8-17)21-6-4-3-5-19(21)15-24/h3-10,20H,2,11-14,16H2,1H3,(H3,25,26,27). The largest absolute Gasteiger partial charge is 0.450 e. The Bertz CT molecular complexity index is 925. The second-order valence-corrected chi connectivity index (χ2v) is 7.16. The number of nitriles is 1. The molecule has 0 aliphatic carbocycles. The lowest BCUT2D eigenvalue weighted by Gasteiger charge is -2.31. The number of rotatable bonds is 5. The third kappa shape index (κ3) is 5.51. The number of hydrogen-bond acceptors (Lipinski definition) is 4. The molecule has 1 heterocycles. The first kappa shape index (κ1) is 21.2. The van der Waals surface area contributed by atoms with Gasteiger partial charge in [-0.1, -0.05) is 42.5 Å². The van der Waals surface area contributed by atoms with Gasteiger partial charge in [-0.15, -0.1) is 0 Å². The van der Waals surface area contributed by atoms with Crippen molar-refractivity contribution < 1.29 is 9.53 Å². The van der Waals surface area contributed by atoms with E-state index < -0.39 is 0 Å². The van der Waals surface area contributed by atoms with E-state index in [0.717, 1.165) is 29.5 Å². The Morgan fingerprint density at radius 3 is 2.60 bits per heavy atom. The summed E-state index contributed by atoms with van der Waals surface area (Å²) in [5.41, 5.74) is 9.67. The summed E-state index contributed by atoms with van der Waals surface area (Å²) in [7, 11) is 0. The minimum atomic E-state index is -0.251. The highest BCUT2D eigenvalue weighted by Crippen LogP contribution is 2.23. The molecule has 30 heavy (non-hydrogen) atoms. The molecule has 1 saturated heterocycles. The minimum Gasteiger partial charge on any atom is -0.450 e. The van der Waals surface area contributed by atoms with Crippen molar-refractivity contribution in [3.63, 3.8) is 0 Å². The fourth-order valence-electron chi connectivity index (χ4n) is 3.47. The highest BCUT2D eigenvalue weighted by Gasteiger charge is 2.23. The Kier molecular flexibility index (Phi) is 7.28. The maximum absolute atomic E-state index is 11.8. The fourth-order valence-corrected chi connectivity index (χ4v) is 3.47. The van der Waals surface area contributed by atoms with Gasteiger partial charge in [0.1, 0.15) is 0 Å². The maximum atomic E-state index is 11.8. The topological polar surface area (TPSA) is 104 Å². The van der Waals surface area contributed by atoms with Gasteiger partial charge in [-0.2, -0.15) is 5.26 Å². The van der Waals surface area contributed by atoms with Gasteiger partial charge in [0.05, 0.1) is 24.8 Å². The molecule has 3 rings (SSSR count). The van der Waals surface area contributed by atoms with E-state index in [1.54, 1.807) is 4.90 Å². The van der Waals surface area contributed by atoms with E-state index in [1.807, 2.05) is 55.5 Å².